The summed E-state index contributed by atoms with van der Waals surface area (Å²) < 4.78 is 1.12. The van der Waals surface area contributed by atoms with Gasteiger partial charge in [-0.3, -0.25) is 0 Å². The SMILES string of the molecule is O=C(O)c1ccc(-n2nncc2C(=O)O)cc1. The van der Waals surface area contributed by atoms with Crippen LogP contribution in [0.15, 0.2) is 30.5 Å². The highest BCUT2D eigenvalue weighted by Crippen LogP contribution is 2.11. The molecule has 0 saturated carbocycles. The third-order valence-electron chi connectivity index (χ3n) is 2.13. The maximum atomic E-state index is 10.8. The molecule has 0 saturated heterocycles. The Morgan fingerprint density at radius 1 is 1.06 bits per heavy atom. The van der Waals surface area contributed by atoms with Crippen LogP contribution in [0.3, 0.4) is 0 Å². The molecule has 1 aromatic carbocycles. The van der Waals surface area contributed by atoms with Gasteiger partial charge in [-0.1, -0.05) is 5.21 Å². The van der Waals surface area contributed by atoms with Crippen LogP contribution in [0, 0.1) is 0 Å². The van der Waals surface area contributed by atoms with Crippen LogP contribution in [0.4, 0.5) is 0 Å². The van der Waals surface area contributed by atoms with E-state index in [1.165, 1.54) is 24.3 Å². The van der Waals surface area contributed by atoms with Crippen LogP contribution in [-0.4, -0.2) is 37.1 Å². The number of rotatable bonds is 3. The molecule has 0 fully saturated rings. The maximum Gasteiger partial charge on any atom is 0.356 e. The summed E-state index contributed by atoms with van der Waals surface area (Å²) in [6, 6.07) is 5.66. The van der Waals surface area contributed by atoms with E-state index in [1.807, 2.05) is 0 Å². The molecule has 1 heterocycles. The molecule has 2 N–H and O–H groups in total. The van der Waals surface area contributed by atoms with Gasteiger partial charge in [0.15, 0.2) is 5.69 Å². The van der Waals surface area contributed by atoms with Gasteiger partial charge in [0, 0.05) is 0 Å². The van der Waals surface area contributed by atoms with Gasteiger partial charge in [0.05, 0.1) is 17.4 Å². The fourth-order valence-electron chi connectivity index (χ4n) is 1.32. The minimum atomic E-state index is -1.16. The van der Waals surface area contributed by atoms with E-state index in [4.69, 9.17) is 10.2 Å². The Morgan fingerprint density at radius 3 is 2.24 bits per heavy atom. The zero-order valence-corrected chi connectivity index (χ0v) is 8.44. The smallest absolute Gasteiger partial charge is 0.356 e. The van der Waals surface area contributed by atoms with Crippen molar-refractivity contribution in [1.82, 2.24) is 15.0 Å². The maximum absolute atomic E-state index is 10.8. The molecular weight excluding hydrogens is 226 g/mol. The monoisotopic (exact) mass is 233 g/mol. The summed E-state index contributed by atoms with van der Waals surface area (Å²) >= 11 is 0. The summed E-state index contributed by atoms with van der Waals surface area (Å²) in [6.07, 6.45) is 1.12. The molecule has 0 unspecified atom stereocenters. The van der Waals surface area contributed by atoms with Crippen molar-refractivity contribution in [3.63, 3.8) is 0 Å². The van der Waals surface area contributed by atoms with Crippen LogP contribution in [0.25, 0.3) is 5.69 Å². The number of carboxylic acids is 2. The molecule has 0 aliphatic carbocycles. The Hall–Kier alpha value is -2.70. The Labute approximate surface area is 94.9 Å². The molecule has 0 aliphatic rings. The van der Waals surface area contributed by atoms with Crippen molar-refractivity contribution in [2.24, 2.45) is 0 Å². The number of benzene rings is 1. The minimum absolute atomic E-state index is 0.0897. The average molecular weight is 233 g/mol. The summed E-state index contributed by atoms with van der Waals surface area (Å²) in [5, 5.41) is 24.7. The zero-order chi connectivity index (χ0) is 12.4. The highest BCUT2D eigenvalue weighted by atomic mass is 16.4. The topological polar surface area (TPSA) is 105 Å². The van der Waals surface area contributed by atoms with Crippen molar-refractivity contribution >= 4 is 11.9 Å². The Kier molecular flexibility index (Phi) is 2.57. The van der Waals surface area contributed by atoms with Crippen molar-refractivity contribution in [2.75, 3.05) is 0 Å². The second-order valence-corrected chi connectivity index (χ2v) is 3.19. The van der Waals surface area contributed by atoms with Gasteiger partial charge in [-0.2, -0.15) is 0 Å². The first-order valence-electron chi connectivity index (χ1n) is 4.57. The van der Waals surface area contributed by atoms with E-state index in [0.29, 0.717) is 5.69 Å². The highest BCUT2D eigenvalue weighted by Gasteiger charge is 2.13. The van der Waals surface area contributed by atoms with Crippen LogP contribution in [-0.2, 0) is 0 Å². The van der Waals surface area contributed by atoms with Gasteiger partial charge < -0.3 is 10.2 Å². The van der Waals surface area contributed by atoms with Gasteiger partial charge in [-0.25, -0.2) is 14.3 Å². The van der Waals surface area contributed by atoms with Crippen molar-refractivity contribution in [1.29, 1.82) is 0 Å². The van der Waals surface area contributed by atoms with E-state index in [0.717, 1.165) is 10.9 Å². The lowest BCUT2D eigenvalue weighted by Gasteiger charge is -2.03. The molecule has 0 amide bonds. The van der Waals surface area contributed by atoms with Gasteiger partial charge in [0.1, 0.15) is 0 Å². The second kappa shape index (κ2) is 4.05. The third kappa shape index (κ3) is 1.98. The molecular formula is C10H7N3O4. The summed E-state index contributed by atoms with van der Waals surface area (Å²) in [7, 11) is 0. The first-order chi connectivity index (χ1) is 8.09. The number of nitrogens with zero attached hydrogens (tertiary/aromatic N) is 3. The minimum Gasteiger partial charge on any atom is -0.478 e. The van der Waals surface area contributed by atoms with Crippen LogP contribution < -0.4 is 0 Å². The van der Waals surface area contributed by atoms with Gasteiger partial charge in [0.2, 0.25) is 0 Å². The van der Waals surface area contributed by atoms with Gasteiger partial charge in [0.25, 0.3) is 0 Å². The zero-order valence-electron chi connectivity index (χ0n) is 8.44. The van der Waals surface area contributed by atoms with Gasteiger partial charge in [-0.05, 0) is 24.3 Å². The molecule has 86 valence electrons. The Morgan fingerprint density at radius 2 is 1.71 bits per heavy atom. The van der Waals surface area contributed by atoms with E-state index in [-0.39, 0.29) is 11.3 Å². The molecule has 0 spiro atoms. The average Bonchev–Trinajstić information content (AvgIpc) is 2.78. The van der Waals surface area contributed by atoms with Crippen molar-refractivity contribution in [3.8, 4) is 5.69 Å². The lowest BCUT2D eigenvalue weighted by molar-refractivity contribution is 0.0679. The van der Waals surface area contributed by atoms with Crippen LogP contribution in [0.1, 0.15) is 20.8 Å². The lowest BCUT2D eigenvalue weighted by Crippen LogP contribution is -2.08. The predicted molar refractivity (Wildman–Crippen MR) is 55.3 cm³/mol. The lowest BCUT2D eigenvalue weighted by atomic mass is 10.2. The number of hydrogen-bond acceptors (Lipinski definition) is 4. The largest absolute Gasteiger partial charge is 0.478 e. The van der Waals surface area contributed by atoms with Crippen molar-refractivity contribution in [3.05, 3.63) is 41.7 Å². The van der Waals surface area contributed by atoms with Crippen molar-refractivity contribution < 1.29 is 19.8 Å². The number of carbonyl (C=O) groups is 2. The summed E-state index contributed by atoms with van der Waals surface area (Å²) in [5.41, 5.74) is 0.462. The molecule has 7 nitrogen and oxygen atoms in total. The van der Waals surface area contributed by atoms with E-state index < -0.39 is 11.9 Å². The fourth-order valence-corrected chi connectivity index (χ4v) is 1.32. The Bertz CT molecular complexity index is 573. The van der Waals surface area contributed by atoms with Gasteiger partial charge >= 0.3 is 11.9 Å². The molecule has 0 radical (unpaired) electrons. The van der Waals surface area contributed by atoms with Crippen LogP contribution >= 0.6 is 0 Å². The summed E-state index contributed by atoms with van der Waals surface area (Å²) in [6.45, 7) is 0. The standard InChI is InChI=1S/C10H7N3O4/c14-9(15)6-1-3-7(4-2-6)13-8(10(16)17)5-11-12-13/h1-5H,(H,14,15)(H,16,17). The molecule has 17 heavy (non-hydrogen) atoms. The number of aromatic carboxylic acids is 2. The third-order valence-corrected chi connectivity index (χ3v) is 2.13. The van der Waals surface area contributed by atoms with E-state index >= 15 is 0 Å². The summed E-state index contributed by atoms with van der Waals surface area (Å²) in [4.78, 5) is 21.5. The normalized spacial score (nSPS) is 10.1. The van der Waals surface area contributed by atoms with E-state index in [2.05, 4.69) is 10.3 Å². The first-order valence-corrected chi connectivity index (χ1v) is 4.57. The summed E-state index contributed by atoms with van der Waals surface area (Å²) in [5.74, 6) is -2.20. The highest BCUT2D eigenvalue weighted by molar-refractivity contribution is 5.88. The molecule has 2 rings (SSSR count). The first kappa shape index (κ1) is 10.8. The number of carboxylic acid groups (broad SMARTS) is 2. The van der Waals surface area contributed by atoms with Crippen LogP contribution in [0.2, 0.25) is 0 Å². The fraction of sp³-hybridized carbons (Fsp3) is 0. The van der Waals surface area contributed by atoms with E-state index in [1.54, 1.807) is 0 Å². The quantitative estimate of drug-likeness (QED) is 0.806. The van der Waals surface area contributed by atoms with Crippen molar-refractivity contribution in [2.45, 2.75) is 0 Å². The predicted octanol–water partition coefficient (Wildman–Crippen LogP) is 0.664. The molecule has 1 aromatic heterocycles. The molecule has 0 bridgehead atoms. The molecule has 2 aromatic rings. The van der Waals surface area contributed by atoms with Gasteiger partial charge in [-0.15, -0.1) is 5.10 Å². The molecule has 0 aliphatic heterocycles. The second-order valence-electron chi connectivity index (χ2n) is 3.19. The van der Waals surface area contributed by atoms with E-state index in [9.17, 15) is 9.59 Å². The molecule has 7 heteroatoms. The van der Waals surface area contributed by atoms with Crippen LogP contribution in [0.5, 0.6) is 0 Å². The number of aromatic nitrogens is 3. The molecule has 0 atom stereocenters. The Balaban J connectivity index is 2.43. The number of hydrogen-bond donors (Lipinski definition) is 2.